The van der Waals surface area contributed by atoms with Crippen molar-refractivity contribution in [2.24, 2.45) is 0 Å². The largest absolute Gasteiger partial charge is 0.506 e. The van der Waals surface area contributed by atoms with E-state index in [4.69, 9.17) is 0 Å². The van der Waals surface area contributed by atoms with Crippen LogP contribution in [0.5, 0.6) is 5.75 Å². The Hall–Kier alpha value is -1.95. The molecule has 2 aromatic rings. The van der Waals surface area contributed by atoms with Crippen molar-refractivity contribution >= 4 is 17.2 Å². The molecule has 0 radical (unpaired) electrons. The summed E-state index contributed by atoms with van der Waals surface area (Å²) >= 11 is 1.57. The van der Waals surface area contributed by atoms with Gasteiger partial charge < -0.3 is 10.4 Å². The third kappa shape index (κ3) is 3.08. The Kier molecular flexibility index (Phi) is 3.80. The second-order valence-corrected chi connectivity index (χ2v) is 5.54. The van der Waals surface area contributed by atoms with Crippen LogP contribution in [0.4, 0.5) is 0 Å². The Bertz CT molecular complexity index is 610. The van der Waals surface area contributed by atoms with Crippen LogP contribution in [0.2, 0.25) is 0 Å². The molecule has 2 aromatic heterocycles. The number of aromatic nitrogens is 2. The van der Waals surface area contributed by atoms with Gasteiger partial charge in [-0.2, -0.15) is 0 Å². The fraction of sp³-hybridized carbons (Fsp3) is 0.308. The maximum atomic E-state index is 12.0. The van der Waals surface area contributed by atoms with Crippen LogP contribution in [0.1, 0.15) is 38.9 Å². The molecule has 0 fully saturated rings. The second-order valence-electron chi connectivity index (χ2n) is 4.31. The summed E-state index contributed by atoms with van der Waals surface area (Å²) in [6.45, 7) is 5.78. The monoisotopic (exact) mass is 277 g/mol. The van der Waals surface area contributed by atoms with Gasteiger partial charge in [-0.1, -0.05) is 0 Å². The number of hydrogen-bond acceptors (Lipinski definition) is 5. The van der Waals surface area contributed by atoms with Crippen LogP contribution in [-0.4, -0.2) is 21.0 Å². The zero-order valence-electron chi connectivity index (χ0n) is 11.0. The number of hydrogen-bond donors (Lipinski definition) is 2. The number of aryl methyl sites for hydroxylation is 2. The van der Waals surface area contributed by atoms with Crippen molar-refractivity contribution in [3.63, 3.8) is 0 Å². The molecule has 0 saturated heterocycles. The lowest BCUT2D eigenvalue weighted by atomic mass is 10.2. The highest BCUT2D eigenvalue weighted by atomic mass is 32.1. The lowest BCUT2D eigenvalue weighted by Crippen LogP contribution is -2.26. The maximum Gasteiger partial charge on any atom is 0.253 e. The number of nitrogens with zero attached hydrogens (tertiary/aromatic N) is 2. The number of carbonyl (C=O) groups excluding carboxylic acids is 1. The summed E-state index contributed by atoms with van der Waals surface area (Å²) in [6.07, 6.45) is 2.71. The molecule has 0 spiro atoms. The number of aromatic hydroxyl groups is 1. The van der Waals surface area contributed by atoms with Gasteiger partial charge in [0.2, 0.25) is 0 Å². The minimum absolute atomic E-state index is 0.0230. The Balaban J connectivity index is 2.13. The van der Waals surface area contributed by atoms with Crippen LogP contribution in [0.25, 0.3) is 0 Å². The number of pyridine rings is 1. The maximum absolute atomic E-state index is 12.0. The van der Waals surface area contributed by atoms with Crippen molar-refractivity contribution in [2.75, 3.05) is 0 Å². The molecular weight excluding hydrogens is 262 g/mol. The van der Waals surface area contributed by atoms with Gasteiger partial charge in [0.05, 0.1) is 28.5 Å². The van der Waals surface area contributed by atoms with Gasteiger partial charge in [0.1, 0.15) is 5.75 Å². The molecule has 1 unspecified atom stereocenters. The summed E-state index contributed by atoms with van der Waals surface area (Å²) in [4.78, 5) is 21.2. The normalized spacial score (nSPS) is 12.2. The van der Waals surface area contributed by atoms with E-state index in [0.717, 1.165) is 15.6 Å². The number of rotatable bonds is 3. The molecule has 0 aliphatic carbocycles. The van der Waals surface area contributed by atoms with Crippen molar-refractivity contribution in [3.05, 3.63) is 39.6 Å². The molecule has 2 rings (SSSR count). The number of amides is 1. The van der Waals surface area contributed by atoms with E-state index in [1.165, 1.54) is 18.5 Å². The van der Waals surface area contributed by atoms with E-state index in [1.54, 1.807) is 11.3 Å². The minimum atomic E-state index is -0.263. The second kappa shape index (κ2) is 5.36. The van der Waals surface area contributed by atoms with Gasteiger partial charge in [-0.05, 0) is 26.8 Å². The highest BCUT2D eigenvalue weighted by molar-refractivity contribution is 7.11. The average Bonchev–Trinajstić information content (AvgIpc) is 2.68. The SMILES string of the molecule is Cc1nc(C)c(C(C)NC(=O)c2cncc(O)c2)s1. The van der Waals surface area contributed by atoms with E-state index in [0.29, 0.717) is 5.56 Å². The first-order valence-corrected chi connectivity index (χ1v) is 6.68. The highest BCUT2D eigenvalue weighted by Gasteiger charge is 2.16. The van der Waals surface area contributed by atoms with Crippen molar-refractivity contribution in [1.29, 1.82) is 0 Å². The van der Waals surface area contributed by atoms with Gasteiger partial charge in [-0.15, -0.1) is 11.3 Å². The quantitative estimate of drug-likeness (QED) is 0.903. The van der Waals surface area contributed by atoms with Crippen molar-refractivity contribution in [3.8, 4) is 5.75 Å². The predicted molar refractivity (Wildman–Crippen MR) is 73.4 cm³/mol. The third-order valence-corrected chi connectivity index (χ3v) is 3.92. The average molecular weight is 277 g/mol. The molecular formula is C13H15N3O2S. The zero-order chi connectivity index (χ0) is 14.0. The van der Waals surface area contributed by atoms with Crippen LogP contribution in [-0.2, 0) is 0 Å². The molecule has 0 aromatic carbocycles. The molecule has 0 aliphatic heterocycles. The lowest BCUT2D eigenvalue weighted by molar-refractivity contribution is 0.0939. The lowest BCUT2D eigenvalue weighted by Gasteiger charge is -2.12. The van der Waals surface area contributed by atoms with E-state index in [1.807, 2.05) is 20.8 Å². The van der Waals surface area contributed by atoms with Crippen LogP contribution in [0, 0.1) is 13.8 Å². The Morgan fingerprint density at radius 1 is 1.42 bits per heavy atom. The van der Waals surface area contributed by atoms with Crippen molar-refractivity contribution < 1.29 is 9.90 Å². The standard InChI is InChI=1S/C13H15N3O2S/c1-7-12(19-9(3)15-7)8(2)16-13(18)10-4-11(17)6-14-5-10/h4-6,8,17H,1-3H3,(H,16,18). The molecule has 0 saturated carbocycles. The van der Waals surface area contributed by atoms with Gasteiger partial charge in [0, 0.05) is 11.1 Å². The molecule has 2 N–H and O–H groups in total. The highest BCUT2D eigenvalue weighted by Crippen LogP contribution is 2.24. The van der Waals surface area contributed by atoms with Crippen molar-refractivity contribution in [2.45, 2.75) is 26.8 Å². The molecule has 19 heavy (non-hydrogen) atoms. The predicted octanol–water partition coefficient (Wildman–Crippen LogP) is 2.35. The zero-order valence-corrected chi connectivity index (χ0v) is 11.8. The summed E-state index contributed by atoms with van der Waals surface area (Å²) in [5, 5.41) is 13.2. The first-order chi connectivity index (χ1) is 8.97. The van der Waals surface area contributed by atoms with Crippen LogP contribution in [0.3, 0.4) is 0 Å². The van der Waals surface area contributed by atoms with Crippen molar-refractivity contribution in [1.82, 2.24) is 15.3 Å². The fourth-order valence-corrected chi connectivity index (χ4v) is 2.78. The summed E-state index contributed by atoms with van der Waals surface area (Å²) < 4.78 is 0. The minimum Gasteiger partial charge on any atom is -0.506 e. The summed E-state index contributed by atoms with van der Waals surface area (Å²) in [5.74, 6) is -0.286. The van der Waals surface area contributed by atoms with Gasteiger partial charge in [-0.25, -0.2) is 4.98 Å². The van der Waals surface area contributed by atoms with Gasteiger partial charge in [0.15, 0.2) is 0 Å². The Morgan fingerprint density at radius 2 is 2.16 bits per heavy atom. The van der Waals surface area contributed by atoms with E-state index >= 15 is 0 Å². The molecule has 5 nitrogen and oxygen atoms in total. The fourth-order valence-electron chi connectivity index (χ4n) is 1.85. The number of thiazole rings is 1. The summed E-state index contributed by atoms with van der Waals surface area (Å²) in [7, 11) is 0. The first kappa shape index (κ1) is 13.5. The molecule has 6 heteroatoms. The first-order valence-electron chi connectivity index (χ1n) is 5.86. The van der Waals surface area contributed by atoms with Gasteiger partial charge >= 0.3 is 0 Å². The van der Waals surface area contributed by atoms with Crippen LogP contribution >= 0.6 is 11.3 Å². The molecule has 100 valence electrons. The smallest absolute Gasteiger partial charge is 0.253 e. The van der Waals surface area contributed by atoms with E-state index in [9.17, 15) is 9.90 Å². The van der Waals surface area contributed by atoms with Gasteiger partial charge in [0.25, 0.3) is 5.91 Å². The summed E-state index contributed by atoms with van der Waals surface area (Å²) in [5.41, 5.74) is 1.27. The third-order valence-electron chi connectivity index (χ3n) is 2.67. The molecule has 0 bridgehead atoms. The van der Waals surface area contributed by atoms with E-state index in [2.05, 4.69) is 15.3 Å². The topological polar surface area (TPSA) is 75.1 Å². The molecule has 1 amide bonds. The molecule has 2 heterocycles. The number of carbonyl (C=O) groups is 1. The molecule has 0 aliphatic rings. The van der Waals surface area contributed by atoms with Crippen LogP contribution < -0.4 is 5.32 Å². The Labute approximate surface area is 115 Å². The van der Waals surface area contributed by atoms with Gasteiger partial charge in [-0.3, -0.25) is 9.78 Å². The Morgan fingerprint density at radius 3 is 2.74 bits per heavy atom. The van der Waals surface area contributed by atoms with E-state index in [-0.39, 0.29) is 17.7 Å². The number of nitrogens with one attached hydrogen (secondary N) is 1. The molecule has 1 atom stereocenters. The summed E-state index contributed by atoms with van der Waals surface area (Å²) in [6, 6.07) is 1.26. The van der Waals surface area contributed by atoms with E-state index < -0.39 is 0 Å². The van der Waals surface area contributed by atoms with Crippen LogP contribution in [0.15, 0.2) is 18.5 Å².